The Morgan fingerprint density at radius 2 is 1.93 bits per heavy atom. The molecule has 0 aliphatic carbocycles. The lowest BCUT2D eigenvalue weighted by atomic mass is 10.1. The van der Waals surface area contributed by atoms with E-state index in [0.29, 0.717) is 31.1 Å². The molecule has 0 aliphatic heterocycles. The maximum atomic E-state index is 13.3. The molecule has 2 rings (SSSR count). The van der Waals surface area contributed by atoms with Crippen LogP contribution in [0.2, 0.25) is 0 Å². The maximum absolute atomic E-state index is 13.3. The van der Waals surface area contributed by atoms with E-state index >= 15 is 0 Å². The first-order valence-electron chi connectivity index (χ1n) is 9.63. The number of nitrogens with zero attached hydrogens (tertiary/aromatic N) is 2. The van der Waals surface area contributed by atoms with Crippen LogP contribution in [0.1, 0.15) is 30.6 Å². The Hall–Kier alpha value is -3.27. The number of aromatic amines is 1. The van der Waals surface area contributed by atoms with E-state index in [0.717, 1.165) is 0 Å². The highest BCUT2D eigenvalue weighted by molar-refractivity contribution is 6.07. The highest BCUT2D eigenvalue weighted by Gasteiger charge is 2.26. The van der Waals surface area contributed by atoms with Gasteiger partial charge in [0.05, 0.1) is 20.3 Å². The summed E-state index contributed by atoms with van der Waals surface area (Å²) in [6, 6.07) is 4.72. The molecule has 10 nitrogen and oxygen atoms in total. The third kappa shape index (κ3) is 4.82. The molecule has 0 aliphatic rings. The van der Waals surface area contributed by atoms with Gasteiger partial charge in [0.2, 0.25) is 0 Å². The van der Waals surface area contributed by atoms with E-state index in [-0.39, 0.29) is 30.2 Å². The molecule has 10 heteroatoms. The molecule has 2 aromatic rings. The van der Waals surface area contributed by atoms with E-state index in [1.807, 2.05) is 13.8 Å². The Bertz CT molecular complexity index is 998. The van der Waals surface area contributed by atoms with Crippen molar-refractivity contribution >= 4 is 17.4 Å². The van der Waals surface area contributed by atoms with E-state index in [1.165, 1.54) is 29.8 Å². The van der Waals surface area contributed by atoms with E-state index in [4.69, 9.17) is 19.9 Å². The zero-order valence-corrected chi connectivity index (χ0v) is 17.7. The molecule has 1 amide bonds. The van der Waals surface area contributed by atoms with Crippen molar-refractivity contribution in [3.8, 4) is 11.5 Å². The first-order valence-corrected chi connectivity index (χ1v) is 9.63. The van der Waals surface area contributed by atoms with Crippen LogP contribution in [0, 0.1) is 0 Å². The lowest BCUT2D eigenvalue weighted by molar-refractivity contribution is 0.0975. The van der Waals surface area contributed by atoms with Gasteiger partial charge < -0.3 is 19.9 Å². The molecule has 1 aromatic heterocycles. The topological polar surface area (TPSA) is 129 Å². The van der Waals surface area contributed by atoms with Gasteiger partial charge in [0.15, 0.2) is 17.2 Å². The van der Waals surface area contributed by atoms with Crippen LogP contribution in [-0.2, 0) is 11.3 Å². The minimum Gasteiger partial charge on any atom is -0.493 e. The number of nitrogen functional groups attached to an aromatic ring is 1. The number of amides is 1. The lowest BCUT2D eigenvalue weighted by Gasteiger charge is -2.24. The van der Waals surface area contributed by atoms with Gasteiger partial charge >= 0.3 is 5.69 Å². The molecule has 0 saturated carbocycles. The van der Waals surface area contributed by atoms with E-state index in [9.17, 15) is 14.4 Å². The fourth-order valence-corrected chi connectivity index (χ4v) is 3.01. The third-order valence-electron chi connectivity index (χ3n) is 4.41. The number of hydrogen-bond donors (Lipinski definition) is 2. The second-order valence-electron chi connectivity index (χ2n) is 6.39. The number of hydrogen-bond acceptors (Lipinski definition) is 7. The van der Waals surface area contributed by atoms with E-state index in [1.54, 1.807) is 12.1 Å². The van der Waals surface area contributed by atoms with Gasteiger partial charge in [0.1, 0.15) is 5.82 Å². The number of carbonyl (C=O) groups excluding carboxylic acids is 1. The number of H-pyrrole nitrogens is 1. The summed E-state index contributed by atoms with van der Waals surface area (Å²) in [7, 11) is 2.95. The summed E-state index contributed by atoms with van der Waals surface area (Å²) < 4.78 is 17.1. The van der Waals surface area contributed by atoms with E-state index < -0.39 is 17.2 Å². The standard InChI is InChI=1S/C20H28N4O6/c1-5-9-24-17(21)16(18(25)22-20(24)27)23(10-11-28-3)19(26)13-7-8-14(30-6-2)15(12-13)29-4/h7-8,12H,5-6,9-11,21H2,1-4H3,(H,22,25,27). The van der Waals surface area contributed by atoms with Crippen molar-refractivity contribution in [1.82, 2.24) is 9.55 Å². The fourth-order valence-electron chi connectivity index (χ4n) is 3.01. The Morgan fingerprint density at radius 1 is 1.20 bits per heavy atom. The average molecular weight is 420 g/mol. The molecule has 0 spiro atoms. The molecule has 0 saturated heterocycles. The van der Waals surface area contributed by atoms with Crippen molar-refractivity contribution < 1.29 is 19.0 Å². The highest BCUT2D eigenvalue weighted by Crippen LogP contribution is 2.29. The van der Waals surface area contributed by atoms with Crippen LogP contribution >= 0.6 is 0 Å². The number of aromatic nitrogens is 2. The van der Waals surface area contributed by atoms with Crippen LogP contribution in [-0.4, -0.2) is 49.4 Å². The highest BCUT2D eigenvalue weighted by atomic mass is 16.5. The number of rotatable bonds is 10. The number of carbonyl (C=O) groups is 1. The van der Waals surface area contributed by atoms with Crippen molar-refractivity contribution in [2.24, 2.45) is 0 Å². The quantitative estimate of drug-likeness (QED) is 0.591. The predicted octanol–water partition coefficient (Wildman–Crippen LogP) is 1.23. The zero-order chi connectivity index (χ0) is 22.3. The van der Waals surface area contributed by atoms with Gasteiger partial charge in [-0.3, -0.25) is 24.0 Å². The fraction of sp³-hybridized carbons (Fsp3) is 0.450. The van der Waals surface area contributed by atoms with Crippen LogP contribution in [0.25, 0.3) is 0 Å². The third-order valence-corrected chi connectivity index (χ3v) is 4.41. The van der Waals surface area contributed by atoms with Crippen LogP contribution < -0.4 is 31.4 Å². The molecule has 1 heterocycles. The lowest BCUT2D eigenvalue weighted by Crippen LogP contribution is -2.42. The Kier molecular flexibility index (Phi) is 8.05. The number of ether oxygens (including phenoxy) is 3. The van der Waals surface area contributed by atoms with Crippen LogP contribution in [0.4, 0.5) is 11.5 Å². The molecule has 0 atom stereocenters. The number of benzene rings is 1. The molecule has 0 radical (unpaired) electrons. The largest absolute Gasteiger partial charge is 0.493 e. The molecule has 0 fully saturated rings. The second-order valence-corrected chi connectivity index (χ2v) is 6.39. The average Bonchev–Trinajstić information content (AvgIpc) is 2.73. The SMILES string of the molecule is CCCn1c(N)c(N(CCOC)C(=O)c2ccc(OCC)c(OC)c2)c(=O)[nH]c1=O. The zero-order valence-electron chi connectivity index (χ0n) is 17.7. The smallest absolute Gasteiger partial charge is 0.330 e. The first kappa shape index (κ1) is 23.0. The number of anilines is 2. The summed E-state index contributed by atoms with van der Waals surface area (Å²) in [6.07, 6.45) is 0.623. The minimum absolute atomic E-state index is 0.0580. The van der Waals surface area contributed by atoms with Gasteiger partial charge in [-0.25, -0.2) is 4.79 Å². The molecule has 30 heavy (non-hydrogen) atoms. The maximum Gasteiger partial charge on any atom is 0.330 e. The summed E-state index contributed by atoms with van der Waals surface area (Å²) in [5.74, 6) is 0.307. The monoisotopic (exact) mass is 420 g/mol. The summed E-state index contributed by atoms with van der Waals surface area (Å²) in [5, 5.41) is 0. The normalized spacial score (nSPS) is 10.7. The summed E-state index contributed by atoms with van der Waals surface area (Å²) in [6.45, 7) is 4.67. The second kappa shape index (κ2) is 10.5. The van der Waals surface area contributed by atoms with Crippen molar-refractivity contribution in [1.29, 1.82) is 0 Å². The van der Waals surface area contributed by atoms with E-state index in [2.05, 4.69) is 4.98 Å². The van der Waals surface area contributed by atoms with Gasteiger partial charge in [0.25, 0.3) is 11.5 Å². The van der Waals surface area contributed by atoms with Crippen molar-refractivity contribution in [3.05, 3.63) is 44.6 Å². The molecule has 1 aromatic carbocycles. The van der Waals surface area contributed by atoms with Crippen LogP contribution in [0.15, 0.2) is 27.8 Å². The minimum atomic E-state index is -0.743. The number of nitrogens with one attached hydrogen (secondary N) is 1. The molecule has 0 unspecified atom stereocenters. The van der Waals surface area contributed by atoms with Gasteiger partial charge in [0, 0.05) is 25.8 Å². The molecule has 164 valence electrons. The number of methoxy groups -OCH3 is 2. The van der Waals surface area contributed by atoms with Gasteiger partial charge in [-0.1, -0.05) is 6.92 Å². The Labute approximate surface area is 174 Å². The molecule has 0 bridgehead atoms. The van der Waals surface area contributed by atoms with Crippen molar-refractivity contribution in [2.75, 3.05) is 44.6 Å². The summed E-state index contributed by atoms with van der Waals surface area (Å²) in [5.41, 5.74) is 4.94. The van der Waals surface area contributed by atoms with Crippen LogP contribution in [0.5, 0.6) is 11.5 Å². The summed E-state index contributed by atoms with van der Waals surface area (Å²) in [4.78, 5) is 41.5. The van der Waals surface area contributed by atoms with Gasteiger partial charge in [-0.2, -0.15) is 0 Å². The molecule has 3 N–H and O–H groups in total. The number of nitrogens with two attached hydrogens (primary N) is 1. The van der Waals surface area contributed by atoms with Crippen molar-refractivity contribution in [3.63, 3.8) is 0 Å². The predicted molar refractivity (Wildman–Crippen MR) is 114 cm³/mol. The molecular formula is C20H28N4O6. The Balaban J connectivity index is 2.59. The van der Waals surface area contributed by atoms with Gasteiger partial charge in [-0.15, -0.1) is 0 Å². The van der Waals surface area contributed by atoms with Gasteiger partial charge in [-0.05, 0) is 31.5 Å². The molecular weight excluding hydrogens is 392 g/mol. The first-order chi connectivity index (χ1) is 14.4. The summed E-state index contributed by atoms with van der Waals surface area (Å²) >= 11 is 0. The van der Waals surface area contributed by atoms with Crippen molar-refractivity contribution in [2.45, 2.75) is 26.8 Å². The van der Waals surface area contributed by atoms with Crippen LogP contribution in [0.3, 0.4) is 0 Å². The Morgan fingerprint density at radius 3 is 2.53 bits per heavy atom.